The number of hydrogen-bond acceptors (Lipinski definition) is 7. The van der Waals surface area contributed by atoms with Crippen molar-refractivity contribution in [2.45, 2.75) is 70.3 Å². The molecule has 3 aromatic carbocycles. The third-order valence-electron chi connectivity index (χ3n) is 6.64. The topological polar surface area (TPSA) is 64.6 Å². The molecule has 1 unspecified atom stereocenters. The molecule has 0 N–H and O–H groups in total. The van der Waals surface area contributed by atoms with Gasteiger partial charge in [0, 0.05) is 13.5 Å². The second kappa shape index (κ2) is 13.0. The largest absolute Gasteiger partial charge is 0.374 e. The molecule has 38 heavy (non-hydrogen) atoms. The molecule has 0 radical (unpaired) electrons. The molecule has 0 bridgehead atoms. The van der Waals surface area contributed by atoms with Crippen LogP contribution in [-0.4, -0.2) is 49.9 Å². The van der Waals surface area contributed by atoms with Gasteiger partial charge in [-0.1, -0.05) is 91.0 Å². The van der Waals surface area contributed by atoms with Crippen molar-refractivity contribution in [1.29, 1.82) is 0 Å². The molecule has 5 rings (SSSR count). The van der Waals surface area contributed by atoms with Crippen LogP contribution in [0.25, 0.3) is 0 Å². The minimum Gasteiger partial charge on any atom is -0.374 e. The number of benzene rings is 3. The van der Waals surface area contributed by atoms with Gasteiger partial charge in [-0.15, -0.1) is 0 Å². The molecule has 2 heterocycles. The molecule has 0 spiro atoms. The Hall–Kier alpha value is -2.62. The number of rotatable bonds is 12. The summed E-state index contributed by atoms with van der Waals surface area (Å²) in [5, 5.41) is 0. The molecule has 0 aliphatic carbocycles. The monoisotopic (exact) mass is 520 g/mol. The summed E-state index contributed by atoms with van der Waals surface area (Å²) < 4.78 is 43.8. The van der Waals surface area contributed by atoms with E-state index in [0.717, 1.165) is 16.7 Å². The number of hydrogen-bond donors (Lipinski definition) is 0. The molecule has 3 aromatic rings. The van der Waals surface area contributed by atoms with Crippen molar-refractivity contribution < 1.29 is 33.2 Å². The van der Waals surface area contributed by atoms with E-state index in [2.05, 4.69) is 0 Å². The molecule has 6 atom stereocenters. The molecule has 2 aliphatic rings. The maximum absolute atomic E-state index is 6.53. The summed E-state index contributed by atoms with van der Waals surface area (Å²) in [4.78, 5) is 0. The summed E-state index contributed by atoms with van der Waals surface area (Å²) in [7, 11) is 0. The molecule has 202 valence electrons. The van der Waals surface area contributed by atoms with Crippen LogP contribution in [0.3, 0.4) is 0 Å². The van der Waals surface area contributed by atoms with E-state index in [4.69, 9.17) is 33.2 Å². The average molecular weight is 521 g/mol. The normalized spacial score (nSPS) is 28.7. The molecule has 2 aliphatic heterocycles. The van der Waals surface area contributed by atoms with Crippen LogP contribution in [0.4, 0.5) is 0 Å². The fourth-order valence-corrected chi connectivity index (χ4v) is 4.84. The highest BCUT2D eigenvalue weighted by molar-refractivity contribution is 5.15. The maximum Gasteiger partial charge on any atom is 0.282 e. The predicted octanol–water partition coefficient (Wildman–Crippen LogP) is 5.22. The molecule has 0 aromatic heterocycles. The van der Waals surface area contributed by atoms with Gasteiger partial charge in [0.1, 0.15) is 24.4 Å². The van der Waals surface area contributed by atoms with Gasteiger partial charge < -0.3 is 28.4 Å². The van der Waals surface area contributed by atoms with E-state index >= 15 is 0 Å². The van der Waals surface area contributed by atoms with Crippen molar-refractivity contribution in [2.75, 3.05) is 13.2 Å². The Bertz CT molecular complexity index is 1100. The van der Waals surface area contributed by atoms with E-state index in [1.807, 2.05) is 97.9 Å². The summed E-state index contributed by atoms with van der Waals surface area (Å²) in [5.41, 5.74) is 3.20. The average Bonchev–Trinajstić information content (AvgIpc) is 3.28. The van der Waals surface area contributed by atoms with Gasteiger partial charge in [-0.3, -0.25) is 4.74 Å². The Morgan fingerprint density at radius 2 is 1.21 bits per heavy atom. The van der Waals surface area contributed by atoms with Gasteiger partial charge in [0.25, 0.3) is 5.97 Å². The van der Waals surface area contributed by atoms with Crippen molar-refractivity contribution in [2.24, 2.45) is 0 Å². The molecule has 0 amide bonds. The molecule has 7 heteroatoms. The van der Waals surface area contributed by atoms with Crippen molar-refractivity contribution in [3.05, 3.63) is 108 Å². The fourth-order valence-electron chi connectivity index (χ4n) is 4.84. The van der Waals surface area contributed by atoms with E-state index < -0.39 is 36.7 Å². The van der Waals surface area contributed by atoms with E-state index in [0.29, 0.717) is 33.0 Å². The quantitative estimate of drug-likeness (QED) is 0.324. The first-order valence-electron chi connectivity index (χ1n) is 13.2. The Kier molecular flexibility index (Phi) is 9.19. The third-order valence-corrected chi connectivity index (χ3v) is 6.64. The van der Waals surface area contributed by atoms with Gasteiger partial charge in [-0.2, -0.15) is 0 Å². The first kappa shape index (κ1) is 27.0. The number of ether oxygens (including phenoxy) is 7. The SMILES string of the molecule is CCOC1(C)O[C@H]2O[C@H](COCc3ccccc3)[C@H](OCc3ccccc3)[C@H](OCc3ccccc3)[C@H]2O1. The first-order chi connectivity index (χ1) is 18.6. The van der Waals surface area contributed by atoms with Crippen molar-refractivity contribution in [3.63, 3.8) is 0 Å². The Morgan fingerprint density at radius 1 is 0.684 bits per heavy atom. The summed E-state index contributed by atoms with van der Waals surface area (Å²) in [6.45, 7) is 5.65. The van der Waals surface area contributed by atoms with Crippen LogP contribution in [0.1, 0.15) is 30.5 Å². The van der Waals surface area contributed by atoms with Crippen LogP contribution in [0.15, 0.2) is 91.0 Å². The van der Waals surface area contributed by atoms with Gasteiger partial charge in [-0.25, -0.2) is 0 Å². The zero-order valence-corrected chi connectivity index (χ0v) is 21.9. The lowest BCUT2D eigenvalue weighted by Gasteiger charge is -2.42. The second-order valence-electron chi connectivity index (χ2n) is 9.56. The van der Waals surface area contributed by atoms with Gasteiger partial charge in [0.2, 0.25) is 0 Å². The Balaban J connectivity index is 1.37. The van der Waals surface area contributed by atoms with Gasteiger partial charge in [-0.05, 0) is 23.6 Å². The number of fused-ring (bicyclic) bond motifs is 1. The zero-order chi connectivity index (χ0) is 26.2. The Labute approximate surface area is 224 Å². The maximum atomic E-state index is 6.53. The van der Waals surface area contributed by atoms with Crippen LogP contribution in [0.2, 0.25) is 0 Å². The van der Waals surface area contributed by atoms with Crippen LogP contribution in [0, 0.1) is 0 Å². The molecular weight excluding hydrogens is 484 g/mol. The van der Waals surface area contributed by atoms with Gasteiger partial charge in [0.15, 0.2) is 6.29 Å². The highest BCUT2D eigenvalue weighted by Gasteiger charge is 2.57. The van der Waals surface area contributed by atoms with Crippen LogP contribution in [-0.2, 0) is 53.0 Å². The van der Waals surface area contributed by atoms with Crippen LogP contribution in [0.5, 0.6) is 0 Å². The summed E-state index contributed by atoms with van der Waals surface area (Å²) in [6, 6.07) is 30.2. The third kappa shape index (κ3) is 6.87. The summed E-state index contributed by atoms with van der Waals surface area (Å²) in [6.07, 6.45) is -2.62. The molecule has 2 fully saturated rings. The summed E-state index contributed by atoms with van der Waals surface area (Å²) in [5.74, 6) is -1.23. The lowest BCUT2D eigenvalue weighted by molar-refractivity contribution is -0.343. The van der Waals surface area contributed by atoms with Gasteiger partial charge >= 0.3 is 0 Å². The van der Waals surface area contributed by atoms with Crippen molar-refractivity contribution >= 4 is 0 Å². The van der Waals surface area contributed by atoms with E-state index in [9.17, 15) is 0 Å². The molecular formula is C31H36O7. The lowest BCUT2D eigenvalue weighted by atomic mass is 9.98. The van der Waals surface area contributed by atoms with Gasteiger partial charge in [0.05, 0.1) is 26.4 Å². The highest BCUT2D eigenvalue weighted by atomic mass is 16.9. The van der Waals surface area contributed by atoms with Crippen molar-refractivity contribution in [1.82, 2.24) is 0 Å². The smallest absolute Gasteiger partial charge is 0.282 e. The molecule has 2 saturated heterocycles. The minimum atomic E-state index is -1.23. The van der Waals surface area contributed by atoms with Crippen molar-refractivity contribution in [3.8, 4) is 0 Å². The van der Waals surface area contributed by atoms with Crippen LogP contribution >= 0.6 is 0 Å². The Morgan fingerprint density at radius 3 is 1.76 bits per heavy atom. The molecule has 7 nitrogen and oxygen atoms in total. The second-order valence-corrected chi connectivity index (χ2v) is 9.56. The van der Waals surface area contributed by atoms with E-state index in [-0.39, 0.29) is 0 Å². The lowest BCUT2D eigenvalue weighted by Crippen LogP contribution is -2.59. The van der Waals surface area contributed by atoms with Crippen LogP contribution < -0.4 is 0 Å². The standard InChI is InChI=1S/C31H36O7/c1-3-35-31(2)37-29-28(34-21-25-17-11-6-12-18-25)27(33-20-24-15-9-5-10-16-24)26(36-30(29)38-31)22-32-19-23-13-7-4-8-14-23/h4-18,26-30H,3,19-22H2,1-2H3/t26-,27+,28+,29-,30-,31?/m1/s1. The fraction of sp³-hybridized carbons (Fsp3) is 0.419. The zero-order valence-electron chi connectivity index (χ0n) is 21.9. The molecule has 0 saturated carbocycles. The summed E-state index contributed by atoms with van der Waals surface area (Å²) >= 11 is 0. The predicted molar refractivity (Wildman–Crippen MR) is 141 cm³/mol. The highest BCUT2D eigenvalue weighted by Crippen LogP contribution is 2.40. The van der Waals surface area contributed by atoms with E-state index in [1.54, 1.807) is 6.92 Å². The first-order valence-corrected chi connectivity index (χ1v) is 13.2. The van der Waals surface area contributed by atoms with E-state index in [1.165, 1.54) is 0 Å². The minimum absolute atomic E-state index is 0.303.